The highest BCUT2D eigenvalue weighted by Crippen LogP contribution is 2.07. The molecule has 0 spiro atoms. The Hall–Kier alpha value is -0.220. The number of carbonyl (C=O) groups is 1. The van der Waals surface area contributed by atoms with Crippen molar-refractivity contribution in [3.8, 4) is 0 Å². The number of hydrogen-bond acceptors (Lipinski definition) is 3. The van der Waals surface area contributed by atoms with Crippen LogP contribution < -0.4 is 5.32 Å². The molecule has 2 N–H and O–H groups in total. The molecule has 0 aromatic carbocycles. The van der Waals surface area contributed by atoms with Crippen LogP contribution in [0.15, 0.2) is 0 Å². The lowest BCUT2D eigenvalue weighted by Crippen LogP contribution is -2.40. The average molecular weight is 233 g/mol. The van der Waals surface area contributed by atoms with Crippen molar-refractivity contribution in [2.75, 3.05) is 18.1 Å². The molecule has 1 amide bonds. The van der Waals surface area contributed by atoms with E-state index in [1.54, 1.807) is 18.7 Å². The Morgan fingerprint density at radius 3 is 2.67 bits per heavy atom. The van der Waals surface area contributed by atoms with Gasteiger partial charge in [0.15, 0.2) is 0 Å². The Labute approximate surface area is 97.0 Å². The lowest BCUT2D eigenvalue weighted by molar-refractivity contribution is -0.119. The highest BCUT2D eigenvalue weighted by molar-refractivity contribution is 7.99. The minimum atomic E-state index is -0.774. The highest BCUT2D eigenvalue weighted by atomic mass is 32.2. The summed E-state index contributed by atoms with van der Waals surface area (Å²) in [6.07, 6.45) is 2.97. The lowest BCUT2D eigenvalue weighted by Gasteiger charge is -2.21. The molecule has 1 atom stereocenters. The van der Waals surface area contributed by atoms with E-state index in [4.69, 9.17) is 0 Å². The predicted molar refractivity (Wildman–Crippen MR) is 66.2 cm³/mol. The summed E-state index contributed by atoms with van der Waals surface area (Å²) in [7, 11) is 0. The second-order valence-electron chi connectivity index (χ2n) is 4.03. The van der Waals surface area contributed by atoms with E-state index in [2.05, 4.69) is 12.2 Å². The lowest BCUT2D eigenvalue weighted by atomic mass is 10.0. The first-order chi connectivity index (χ1) is 7.02. The summed E-state index contributed by atoms with van der Waals surface area (Å²) >= 11 is 1.65. The molecule has 0 aliphatic carbocycles. The van der Waals surface area contributed by atoms with Gasteiger partial charge < -0.3 is 10.4 Å². The van der Waals surface area contributed by atoms with Crippen molar-refractivity contribution in [1.29, 1.82) is 0 Å². The maximum Gasteiger partial charge on any atom is 0.230 e. The normalized spacial score (nSPS) is 14.7. The molecular weight excluding hydrogens is 210 g/mol. The van der Waals surface area contributed by atoms with Crippen molar-refractivity contribution in [3.05, 3.63) is 0 Å². The first kappa shape index (κ1) is 14.8. The fourth-order valence-electron chi connectivity index (χ4n) is 0.876. The molecule has 3 nitrogen and oxygen atoms in total. The number of aliphatic hydroxyl groups is 1. The van der Waals surface area contributed by atoms with Crippen LogP contribution >= 0.6 is 11.8 Å². The molecule has 90 valence electrons. The minimum Gasteiger partial charge on any atom is -0.388 e. The topological polar surface area (TPSA) is 49.3 Å². The third-order valence-corrected chi connectivity index (χ3v) is 3.35. The maximum absolute atomic E-state index is 11.3. The van der Waals surface area contributed by atoms with Gasteiger partial charge in [0.25, 0.3) is 0 Å². The monoisotopic (exact) mass is 233 g/mol. The molecule has 0 aromatic heterocycles. The minimum absolute atomic E-state index is 0.0184. The van der Waals surface area contributed by atoms with Crippen LogP contribution in [-0.4, -0.2) is 34.7 Å². The van der Waals surface area contributed by atoms with Gasteiger partial charge in [-0.1, -0.05) is 20.3 Å². The summed E-state index contributed by atoms with van der Waals surface area (Å²) in [6.45, 7) is 6.12. The molecule has 0 bridgehead atoms. The molecule has 0 fully saturated rings. The number of unbranched alkanes of at least 4 members (excludes halogenated alkanes) is 1. The summed E-state index contributed by atoms with van der Waals surface area (Å²) in [5, 5.41) is 12.4. The zero-order valence-corrected chi connectivity index (χ0v) is 10.8. The molecule has 0 radical (unpaired) electrons. The third kappa shape index (κ3) is 8.75. The molecule has 0 aliphatic rings. The molecule has 0 saturated heterocycles. The Bertz CT molecular complexity index is 183. The number of carbonyl (C=O) groups excluding carboxylic acids is 1. The predicted octanol–water partition coefficient (Wildman–Crippen LogP) is 1.80. The average Bonchev–Trinajstić information content (AvgIpc) is 2.22. The van der Waals surface area contributed by atoms with Gasteiger partial charge in [0.05, 0.1) is 11.4 Å². The van der Waals surface area contributed by atoms with Crippen LogP contribution in [-0.2, 0) is 4.79 Å². The molecule has 1 unspecified atom stereocenters. The Balaban J connectivity index is 3.49. The van der Waals surface area contributed by atoms with Crippen LogP contribution in [0.3, 0.4) is 0 Å². The largest absolute Gasteiger partial charge is 0.388 e. The first-order valence-corrected chi connectivity index (χ1v) is 6.74. The van der Waals surface area contributed by atoms with Crippen molar-refractivity contribution in [3.63, 3.8) is 0 Å². The number of amides is 1. The Morgan fingerprint density at radius 2 is 2.13 bits per heavy atom. The summed E-state index contributed by atoms with van der Waals surface area (Å²) in [6, 6.07) is 0. The van der Waals surface area contributed by atoms with Gasteiger partial charge in [-0.3, -0.25) is 4.79 Å². The fraction of sp³-hybridized carbons (Fsp3) is 0.909. The van der Waals surface area contributed by atoms with Gasteiger partial charge >= 0.3 is 0 Å². The highest BCUT2D eigenvalue weighted by Gasteiger charge is 2.17. The molecule has 4 heteroatoms. The van der Waals surface area contributed by atoms with Gasteiger partial charge in [0.1, 0.15) is 0 Å². The smallest absolute Gasteiger partial charge is 0.230 e. The molecular formula is C11H23NO2S. The Kier molecular flexibility index (Phi) is 7.88. The van der Waals surface area contributed by atoms with Gasteiger partial charge in [-0.25, -0.2) is 0 Å². The van der Waals surface area contributed by atoms with E-state index >= 15 is 0 Å². The van der Waals surface area contributed by atoms with Crippen molar-refractivity contribution in [2.24, 2.45) is 0 Å². The van der Waals surface area contributed by atoms with E-state index in [1.165, 1.54) is 6.42 Å². The van der Waals surface area contributed by atoms with E-state index in [9.17, 15) is 9.90 Å². The number of thioether (sulfide) groups is 1. The van der Waals surface area contributed by atoms with Crippen LogP contribution in [0.1, 0.15) is 40.0 Å². The van der Waals surface area contributed by atoms with Gasteiger partial charge in [0, 0.05) is 6.54 Å². The van der Waals surface area contributed by atoms with Crippen LogP contribution in [0, 0.1) is 0 Å². The third-order valence-electron chi connectivity index (χ3n) is 2.30. The van der Waals surface area contributed by atoms with Gasteiger partial charge in [-0.05, 0) is 25.5 Å². The summed E-state index contributed by atoms with van der Waals surface area (Å²) < 4.78 is 0. The van der Waals surface area contributed by atoms with Crippen molar-refractivity contribution >= 4 is 17.7 Å². The Morgan fingerprint density at radius 1 is 1.47 bits per heavy atom. The van der Waals surface area contributed by atoms with Crippen LogP contribution in [0.25, 0.3) is 0 Å². The molecule has 0 saturated carbocycles. The van der Waals surface area contributed by atoms with Gasteiger partial charge in [0.2, 0.25) is 5.91 Å². The second kappa shape index (κ2) is 7.99. The second-order valence-corrected chi connectivity index (χ2v) is 5.14. The number of hydrogen-bond donors (Lipinski definition) is 2. The quantitative estimate of drug-likeness (QED) is 0.629. The maximum atomic E-state index is 11.3. The van der Waals surface area contributed by atoms with Gasteiger partial charge in [-0.2, -0.15) is 11.8 Å². The molecule has 0 rings (SSSR count). The van der Waals surface area contributed by atoms with Crippen molar-refractivity contribution in [2.45, 2.75) is 45.6 Å². The summed E-state index contributed by atoms with van der Waals surface area (Å²) in [4.78, 5) is 11.3. The van der Waals surface area contributed by atoms with Crippen LogP contribution in [0.2, 0.25) is 0 Å². The van der Waals surface area contributed by atoms with Gasteiger partial charge in [-0.15, -0.1) is 0 Å². The standard InChI is InChI=1S/C11H23NO2S/c1-4-6-7-15-8-10(13)12-9-11(3,14)5-2/h14H,4-9H2,1-3H3,(H,12,13). The van der Waals surface area contributed by atoms with E-state index < -0.39 is 5.60 Å². The van der Waals surface area contributed by atoms with Crippen molar-refractivity contribution < 1.29 is 9.90 Å². The zero-order valence-electron chi connectivity index (χ0n) is 10.0. The van der Waals surface area contributed by atoms with Crippen LogP contribution in [0.4, 0.5) is 0 Å². The number of nitrogens with one attached hydrogen (secondary N) is 1. The fourth-order valence-corrected chi connectivity index (χ4v) is 1.80. The molecule has 0 aromatic rings. The first-order valence-electron chi connectivity index (χ1n) is 5.58. The molecule has 0 heterocycles. The number of rotatable bonds is 8. The van der Waals surface area contributed by atoms with Crippen molar-refractivity contribution in [1.82, 2.24) is 5.32 Å². The van der Waals surface area contributed by atoms with E-state index in [-0.39, 0.29) is 5.91 Å². The van der Waals surface area contributed by atoms with E-state index in [1.807, 2.05) is 6.92 Å². The summed E-state index contributed by atoms with van der Waals surface area (Å²) in [5.74, 6) is 1.55. The zero-order chi connectivity index (χ0) is 11.7. The SMILES string of the molecule is CCCCSCC(=O)NCC(C)(O)CC. The van der Waals surface area contributed by atoms with Crippen LogP contribution in [0.5, 0.6) is 0 Å². The van der Waals surface area contributed by atoms with E-state index in [0.717, 1.165) is 12.2 Å². The molecule has 0 aliphatic heterocycles. The molecule has 15 heavy (non-hydrogen) atoms. The summed E-state index contributed by atoms with van der Waals surface area (Å²) in [5.41, 5.74) is -0.774. The van der Waals surface area contributed by atoms with E-state index in [0.29, 0.717) is 18.7 Å².